The number of carbonyl (C=O) groups is 1. The molecule has 0 spiro atoms. The van der Waals surface area contributed by atoms with Gasteiger partial charge in [-0.25, -0.2) is 4.79 Å². The average molecular weight is 320 g/mol. The first kappa shape index (κ1) is 17.8. The summed E-state index contributed by atoms with van der Waals surface area (Å²) in [4.78, 5) is 19.7. The fourth-order valence-electron chi connectivity index (χ4n) is 2.60. The number of hydrogen-bond acceptors (Lipinski definition) is 4. The van der Waals surface area contributed by atoms with Crippen molar-refractivity contribution >= 4 is 6.09 Å². The highest BCUT2D eigenvalue weighted by Gasteiger charge is 2.32. The summed E-state index contributed by atoms with van der Waals surface area (Å²) < 4.78 is 5.49. The SMILES string of the molecule is CC1CCC(NOCc2ccccc2)CN1C(=O)OC(C)(C)C. The van der Waals surface area contributed by atoms with Crippen LogP contribution in [0.3, 0.4) is 0 Å². The molecule has 2 rings (SSSR count). The number of carbonyl (C=O) groups excluding carboxylic acids is 1. The molecule has 23 heavy (non-hydrogen) atoms. The Morgan fingerprint density at radius 2 is 1.96 bits per heavy atom. The lowest BCUT2D eigenvalue weighted by Gasteiger charge is -2.38. The van der Waals surface area contributed by atoms with Gasteiger partial charge in [0.2, 0.25) is 0 Å². The van der Waals surface area contributed by atoms with Gasteiger partial charge in [0.1, 0.15) is 5.60 Å². The number of nitrogens with one attached hydrogen (secondary N) is 1. The molecule has 1 saturated heterocycles. The quantitative estimate of drug-likeness (QED) is 0.863. The lowest BCUT2D eigenvalue weighted by Crippen LogP contribution is -2.52. The molecule has 2 unspecified atom stereocenters. The van der Waals surface area contributed by atoms with Crippen molar-refractivity contribution in [3.05, 3.63) is 35.9 Å². The molecule has 1 aliphatic rings. The average Bonchev–Trinajstić information content (AvgIpc) is 2.48. The van der Waals surface area contributed by atoms with E-state index in [4.69, 9.17) is 9.57 Å². The number of ether oxygens (including phenoxy) is 1. The van der Waals surface area contributed by atoms with E-state index in [0.717, 1.165) is 18.4 Å². The molecule has 128 valence electrons. The number of rotatable bonds is 4. The highest BCUT2D eigenvalue weighted by atomic mass is 16.6. The molecular weight excluding hydrogens is 292 g/mol. The number of nitrogens with zero attached hydrogens (tertiary/aromatic N) is 1. The topological polar surface area (TPSA) is 50.8 Å². The van der Waals surface area contributed by atoms with Crippen LogP contribution < -0.4 is 5.48 Å². The summed E-state index contributed by atoms with van der Waals surface area (Å²) in [7, 11) is 0. The summed E-state index contributed by atoms with van der Waals surface area (Å²) in [6.45, 7) is 8.84. The van der Waals surface area contributed by atoms with Gasteiger partial charge in [-0.1, -0.05) is 30.3 Å². The van der Waals surface area contributed by atoms with Crippen LogP contribution in [0.15, 0.2) is 30.3 Å². The molecule has 0 aliphatic carbocycles. The fourth-order valence-corrected chi connectivity index (χ4v) is 2.60. The molecule has 0 saturated carbocycles. The minimum Gasteiger partial charge on any atom is -0.444 e. The van der Waals surface area contributed by atoms with E-state index in [9.17, 15) is 4.79 Å². The van der Waals surface area contributed by atoms with E-state index < -0.39 is 5.60 Å². The fraction of sp³-hybridized carbons (Fsp3) is 0.611. The number of hydroxylamine groups is 1. The van der Waals surface area contributed by atoms with E-state index in [0.29, 0.717) is 13.2 Å². The van der Waals surface area contributed by atoms with Crippen molar-refractivity contribution in [1.82, 2.24) is 10.4 Å². The summed E-state index contributed by atoms with van der Waals surface area (Å²) in [5, 5.41) is 0. The van der Waals surface area contributed by atoms with E-state index >= 15 is 0 Å². The van der Waals surface area contributed by atoms with Gasteiger partial charge in [0.25, 0.3) is 0 Å². The van der Waals surface area contributed by atoms with Crippen LogP contribution in [0, 0.1) is 0 Å². The summed E-state index contributed by atoms with van der Waals surface area (Å²) in [6, 6.07) is 10.3. The van der Waals surface area contributed by atoms with Crippen LogP contribution in [-0.2, 0) is 16.2 Å². The molecule has 1 aromatic rings. The Hall–Kier alpha value is -1.59. The molecule has 5 nitrogen and oxygen atoms in total. The Morgan fingerprint density at radius 3 is 2.61 bits per heavy atom. The zero-order chi connectivity index (χ0) is 16.9. The second kappa shape index (κ2) is 7.79. The Morgan fingerprint density at radius 1 is 1.26 bits per heavy atom. The van der Waals surface area contributed by atoms with Crippen LogP contribution in [0.25, 0.3) is 0 Å². The molecule has 0 aromatic heterocycles. The number of likely N-dealkylation sites (tertiary alicyclic amines) is 1. The van der Waals surface area contributed by atoms with Gasteiger partial charge in [-0.05, 0) is 46.1 Å². The monoisotopic (exact) mass is 320 g/mol. The first-order valence-electron chi connectivity index (χ1n) is 8.26. The van der Waals surface area contributed by atoms with Gasteiger partial charge in [-0.2, -0.15) is 5.48 Å². The summed E-state index contributed by atoms with van der Waals surface area (Å²) in [6.07, 6.45) is 1.67. The van der Waals surface area contributed by atoms with Gasteiger partial charge in [0.05, 0.1) is 12.6 Å². The van der Waals surface area contributed by atoms with Crippen LogP contribution in [0.4, 0.5) is 4.79 Å². The second-order valence-electron chi connectivity index (χ2n) is 7.15. The highest BCUT2D eigenvalue weighted by Crippen LogP contribution is 2.20. The zero-order valence-electron chi connectivity index (χ0n) is 14.5. The molecule has 0 radical (unpaired) electrons. The summed E-state index contributed by atoms with van der Waals surface area (Å²) in [5.74, 6) is 0. The van der Waals surface area contributed by atoms with Crippen molar-refractivity contribution in [1.29, 1.82) is 0 Å². The maximum atomic E-state index is 12.3. The second-order valence-corrected chi connectivity index (χ2v) is 7.15. The normalized spacial score (nSPS) is 22.0. The van der Waals surface area contributed by atoms with Crippen molar-refractivity contribution in [3.63, 3.8) is 0 Å². The van der Waals surface area contributed by atoms with Crippen LogP contribution in [0.2, 0.25) is 0 Å². The van der Waals surface area contributed by atoms with Gasteiger partial charge in [-0.3, -0.25) is 4.84 Å². The van der Waals surface area contributed by atoms with Crippen molar-refractivity contribution in [3.8, 4) is 0 Å². The lowest BCUT2D eigenvalue weighted by atomic mass is 10.0. The standard InChI is InChI=1S/C18H28N2O3/c1-14-10-11-16(12-20(14)17(21)23-18(2,3)4)19-22-13-15-8-6-5-7-9-15/h5-9,14,16,19H,10-13H2,1-4H3. The number of benzene rings is 1. The summed E-state index contributed by atoms with van der Waals surface area (Å²) >= 11 is 0. The first-order valence-corrected chi connectivity index (χ1v) is 8.26. The van der Waals surface area contributed by atoms with E-state index in [1.807, 2.05) is 51.1 Å². The minimum atomic E-state index is -0.471. The Bertz CT molecular complexity index is 499. The van der Waals surface area contributed by atoms with Crippen LogP contribution in [0.1, 0.15) is 46.1 Å². The van der Waals surface area contributed by atoms with Crippen molar-refractivity contribution in [2.75, 3.05) is 6.54 Å². The predicted octanol–water partition coefficient (Wildman–Crippen LogP) is 3.50. The van der Waals surface area contributed by atoms with E-state index in [1.54, 1.807) is 4.90 Å². The van der Waals surface area contributed by atoms with Crippen molar-refractivity contribution in [2.24, 2.45) is 0 Å². The molecule has 5 heteroatoms. The Balaban J connectivity index is 1.81. The molecule has 2 atom stereocenters. The highest BCUT2D eigenvalue weighted by molar-refractivity contribution is 5.68. The summed E-state index contributed by atoms with van der Waals surface area (Å²) in [5.41, 5.74) is 3.74. The lowest BCUT2D eigenvalue weighted by molar-refractivity contribution is -0.0312. The molecule has 1 heterocycles. The Kier molecular flexibility index (Phi) is 6.02. The van der Waals surface area contributed by atoms with Crippen LogP contribution in [0.5, 0.6) is 0 Å². The van der Waals surface area contributed by atoms with Gasteiger partial charge >= 0.3 is 6.09 Å². The molecule has 1 aromatic carbocycles. The van der Waals surface area contributed by atoms with Crippen LogP contribution in [-0.4, -0.2) is 35.2 Å². The first-order chi connectivity index (χ1) is 10.8. The Labute approximate surface area is 138 Å². The zero-order valence-corrected chi connectivity index (χ0v) is 14.5. The third kappa shape index (κ3) is 5.84. The smallest absolute Gasteiger partial charge is 0.410 e. The van der Waals surface area contributed by atoms with Gasteiger partial charge in [-0.15, -0.1) is 0 Å². The predicted molar refractivity (Wildman–Crippen MR) is 89.8 cm³/mol. The number of hydrogen-bond donors (Lipinski definition) is 1. The van der Waals surface area contributed by atoms with E-state index in [1.165, 1.54) is 0 Å². The maximum Gasteiger partial charge on any atom is 0.410 e. The largest absolute Gasteiger partial charge is 0.444 e. The molecule has 1 fully saturated rings. The molecular formula is C18H28N2O3. The molecule has 1 amide bonds. The van der Waals surface area contributed by atoms with Crippen molar-refractivity contribution in [2.45, 2.75) is 64.8 Å². The molecule has 1 aliphatic heterocycles. The number of amides is 1. The van der Waals surface area contributed by atoms with E-state index in [-0.39, 0.29) is 18.2 Å². The number of piperidine rings is 1. The minimum absolute atomic E-state index is 0.127. The third-order valence-electron chi connectivity index (χ3n) is 3.84. The van der Waals surface area contributed by atoms with Gasteiger partial charge < -0.3 is 9.64 Å². The van der Waals surface area contributed by atoms with Gasteiger partial charge in [0.15, 0.2) is 0 Å². The van der Waals surface area contributed by atoms with E-state index in [2.05, 4.69) is 12.4 Å². The maximum absolute atomic E-state index is 12.3. The van der Waals surface area contributed by atoms with Crippen molar-refractivity contribution < 1.29 is 14.4 Å². The van der Waals surface area contributed by atoms with Gasteiger partial charge in [0, 0.05) is 12.6 Å². The molecule has 0 bridgehead atoms. The van der Waals surface area contributed by atoms with Crippen LogP contribution >= 0.6 is 0 Å². The molecule has 1 N–H and O–H groups in total. The third-order valence-corrected chi connectivity index (χ3v) is 3.84.